The summed E-state index contributed by atoms with van der Waals surface area (Å²) < 4.78 is 0. The average molecular weight is 338 g/mol. The lowest BCUT2D eigenvalue weighted by molar-refractivity contribution is -0.125. The van der Waals surface area contributed by atoms with Gasteiger partial charge in [0, 0.05) is 17.8 Å². The van der Waals surface area contributed by atoms with Crippen molar-refractivity contribution in [1.82, 2.24) is 5.32 Å². The molecule has 1 amide bonds. The topological polar surface area (TPSA) is 29.1 Å². The van der Waals surface area contributed by atoms with Crippen LogP contribution in [0.4, 0.5) is 0 Å². The fourth-order valence-corrected chi connectivity index (χ4v) is 3.81. The Balaban J connectivity index is 1.89. The highest BCUT2D eigenvalue weighted by molar-refractivity contribution is 9.09. The minimum absolute atomic E-state index is 0.143. The number of fused-ring (bicyclic) bond motifs is 1. The van der Waals surface area contributed by atoms with Crippen molar-refractivity contribution in [3.8, 4) is 0 Å². The Kier molecular flexibility index (Phi) is 5.25. The van der Waals surface area contributed by atoms with Crippen LogP contribution in [0.3, 0.4) is 0 Å². The number of alkyl halides is 1. The first kappa shape index (κ1) is 15.6. The number of carbonyl (C=O) groups is 1. The van der Waals surface area contributed by atoms with Crippen molar-refractivity contribution < 1.29 is 4.79 Å². The summed E-state index contributed by atoms with van der Waals surface area (Å²) in [6.45, 7) is 5.16. The summed E-state index contributed by atoms with van der Waals surface area (Å²) in [5, 5.41) is 4.13. The first-order valence-electron chi connectivity index (χ1n) is 7.42. The van der Waals surface area contributed by atoms with Gasteiger partial charge in [0.2, 0.25) is 5.91 Å². The number of amides is 1. The van der Waals surface area contributed by atoms with E-state index in [1.54, 1.807) is 0 Å². The lowest BCUT2D eigenvalue weighted by atomic mass is 9.83. The SMILES string of the molecule is CC(C)(CCBr)CNC(=O)C1CCc2ccccc2C1. The average Bonchev–Trinajstić information content (AvgIpc) is 2.44. The molecular formula is C17H24BrNO. The van der Waals surface area contributed by atoms with Crippen LogP contribution >= 0.6 is 15.9 Å². The number of rotatable bonds is 5. The maximum atomic E-state index is 12.3. The van der Waals surface area contributed by atoms with E-state index in [1.807, 2.05) is 0 Å². The van der Waals surface area contributed by atoms with Gasteiger partial charge in [-0.25, -0.2) is 0 Å². The number of hydrogen-bond donors (Lipinski definition) is 1. The summed E-state index contributed by atoms with van der Waals surface area (Å²) in [5.74, 6) is 0.367. The largest absolute Gasteiger partial charge is 0.355 e. The van der Waals surface area contributed by atoms with Gasteiger partial charge in [-0.3, -0.25) is 4.79 Å². The van der Waals surface area contributed by atoms with Crippen molar-refractivity contribution in [2.24, 2.45) is 11.3 Å². The van der Waals surface area contributed by atoms with E-state index >= 15 is 0 Å². The zero-order valence-corrected chi connectivity index (χ0v) is 14.0. The Morgan fingerprint density at radius 2 is 2.05 bits per heavy atom. The summed E-state index contributed by atoms with van der Waals surface area (Å²) in [4.78, 5) is 12.3. The first-order valence-corrected chi connectivity index (χ1v) is 8.54. The molecule has 110 valence electrons. The maximum absolute atomic E-state index is 12.3. The Labute approximate surface area is 130 Å². The Morgan fingerprint density at radius 3 is 2.75 bits per heavy atom. The normalized spacial score (nSPS) is 18.4. The van der Waals surface area contributed by atoms with Gasteiger partial charge in [-0.15, -0.1) is 0 Å². The van der Waals surface area contributed by atoms with E-state index in [0.29, 0.717) is 0 Å². The van der Waals surface area contributed by atoms with Gasteiger partial charge in [-0.1, -0.05) is 54.0 Å². The third kappa shape index (κ3) is 4.08. The van der Waals surface area contributed by atoms with Crippen LogP contribution in [0.1, 0.15) is 37.8 Å². The molecule has 2 nitrogen and oxygen atoms in total. The van der Waals surface area contributed by atoms with E-state index in [2.05, 4.69) is 59.4 Å². The molecule has 0 saturated heterocycles. The van der Waals surface area contributed by atoms with Crippen LogP contribution in [-0.2, 0) is 17.6 Å². The molecule has 0 heterocycles. The van der Waals surface area contributed by atoms with Gasteiger partial charge in [0.1, 0.15) is 0 Å². The molecule has 1 atom stereocenters. The lowest BCUT2D eigenvalue weighted by Gasteiger charge is -2.27. The van der Waals surface area contributed by atoms with Crippen LogP contribution < -0.4 is 5.32 Å². The van der Waals surface area contributed by atoms with E-state index in [9.17, 15) is 4.79 Å². The molecule has 0 bridgehead atoms. The molecule has 20 heavy (non-hydrogen) atoms. The maximum Gasteiger partial charge on any atom is 0.223 e. The molecule has 1 aliphatic carbocycles. The van der Waals surface area contributed by atoms with Crippen LogP contribution in [0.25, 0.3) is 0 Å². The summed E-state index contributed by atoms with van der Waals surface area (Å²) in [6.07, 6.45) is 3.96. The summed E-state index contributed by atoms with van der Waals surface area (Å²) in [7, 11) is 0. The molecule has 3 heteroatoms. The van der Waals surface area contributed by atoms with E-state index in [4.69, 9.17) is 0 Å². The smallest absolute Gasteiger partial charge is 0.223 e. The van der Waals surface area contributed by atoms with Gasteiger partial charge in [-0.05, 0) is 42.2 Å². The van der Waals surface area contributed by atoms with Gasteiger partial charge < -0.3 is 5.32 Å². The van der Waals surface area contributed by atoms with Crippen LogP contribution in [0.15, 0.2) is 24.3 Å². The third-order valence-corrected chi connectivity index (χ3v) is 4.63. The second-order valence-electron chi connectivity index (χ2n) is 6.53. The second kappa shape index (κ2) is 6.75. The zero-order chi connectivity index (χ0) is 14.6. The van der Waals surface area contributed by atoms with Gasteiger partial charge >= 0.3 is 0 Å². The molecule has 1 aromatic rings. The second-order valence-corrected chi connectivity index (χ2v) is 7.32. The predicted octanol–water partition coefficient (Wildman–Crippen LogP) is 3.72. The minimum Gasteiger partial charge on any atom is -0.355 e. The molecule has 2 rings (SSSR count). The van der Waals surface area contributed by atoms with Gasteiger partial charge in [-0.2, -0.15) is 0 Å². The standard InChI is InChI=1S/C17H24BrNO/c1-17(2,9-10-18)12-19-16(20)15-8-7-13-5-3-4-6-14(13)11-15/h3-6,15H,7-12H2,1-2H3,(H,19,20). The number of halogens is 1. The summed E-state index contributed by atoms with van der Waals surface area (Å²) in [6, 6.07) is 8.49. The molecular weight excluding hydrogens is 314 g/mol. The Morgan fingerprint density at radius 1 is 1.35 bits per heavy atom. The van der Waals surface area contributed by atoms with E-state index in [-0.39, 0.29) is 17.2 Å². The number of nitrogens with one attached hydrogen (secondary N) is 1. The van der Waals surface area contributed by atoms with E-state index in [1.165, 1.54) is 11.1 Å². The highest BCUT2D eigenvalue weighted by Gasteiger charge is 2.26. The first-order chi connectivity index (χ1) is 9.52. The fourth-order valence-electron chi connectivity index (χ4n) is 2.74. The van der Waals surface area contributed by atoms with Crippen molar-refractivity contribution >= 4 is 21.8 Å². The molecule has 1 N–H and O–H groups in total. The molecule has 1 aromatic carbocycles. The number of aryl methyl sites for hydroxylation is 1. The van der Waals surface area contributed by atoms with Crippen molar-refractivity contribution in [1.29, 1.82) is 0 Å². The summed E-state index contributed by atoms with van der Waals surface area (Å²) in [5.41, 5.74) is 2.92. The van der Waals surface area contributed by atoms with E-state index < -0.39 is 0 Å². The molecule has 0 saturated carbocycles. The minimum atomic E-state index is 0.143. The van der Waals surface area contributed by atoms with Crippen LogP contribution in [0.5, 0.6) is 0 Å². The van der Waals surface area contributed by atoms with Crippen molar-refractivity contribution in [3.05, 3.63) is 35.4 Å². The third-order valence-electron chi connectivity index (χ3n) is 4.23. The summed E-state index contributed by atoms with van der Waals surface area (Å²) >= 11 is 3.47. The van der Waals surface area contributed by atoms with Crippen LogP contribution in [0, 0.1) is 11.3 Å². The monoisotopic (exact) mass is 337 g/mol. The van der Waals surface area contributed by atoms with Gasteiger partial charge in [0.15, 0.2) is 0 Å². The predicted molar refractivity (Wildman–Crippen MR) is 87.2 cm³/mol. The van der Waals surface area contributed by atoms with Gasteiger partial charge in [0.25, 0.3) is 0 Å². The van der Waals surface area contributed by atoms with Gasteiger partial charge in [0.05, 0.1) is 0 Å². The van der Waals surface area contributed by atoms with Crippen LogP contribution in [-0.4, -0.2) is 17.8 Å². The number of hydrogen-bond acceptors (Lipinski definition) is 1. The molecule has 0 aromatic heterocycles. The molecule has 0 fully saturated rings. The highest BCUT2D eigenvalue weighted by atomic mass is 79.9. The number of carbonyl (C=O) groups excluding carboxylic acids is 1. The van der Waals surface area contributed by atoms with Crippen molar-refractivity contribution in [2.75, 3.05) is 11.9 Å². The molecule has 0 spiro atoms. The number of benzene rings is 1. The Hall–Kier alpha value is -0.830. The fraction of sp³-hybridized carbons (Fsp3) is 0.588. The quantitative estimate of drug-likeness (QED) is 0.815. The molecule has 0 aliphatic heterocycles. The van der Waals surface area contributed by atoms with E-state index in [0.717, 1.165) is 37.6 Å². The highest BCUT2D eigenvalue weighted by Crippen LogP contribution is 2.26. The Bertz CT molecular complexity index is 470. The lowest BCUT2D eigenvalue weighted by Crippen LogP contribution is -2.39. The molecule has 0 radical (unpaired) electrons. The van der Waals surface area contributed by atoms with Crippen LogP contribution in [0.2, 0.25) is 0 Å². The van der Waals surface area contributed by atoms with Crippen molar-refractivity contribution in [2.45, 2.75) is 39.5 Å². The molecule has 1 unspecified atom stereocenters. The zero-order valence-electron chi connectivity index (χ0n) is 12.4. The van der Waals surface area contributed by atoms with Crippen molar-refractivity contribution in [3.63, 3.8) is 0 Å². The molecule has 1 aliphatic rings.